The first-order valence-corrected chi connectivity index (χ1v) is 13.9. The molecule has 1 N–H and O–H groups in total. The van der Waals surface area contributed by atoms with Crippen LogP contribution >= 0.6 is 11.8 Å². The summed E-state index contributed by atoms with van der Waals surface area (Å²) >= 11 is 1.55. The van der Waals surface area contributed by atoms with Crippen LogP contribution in [0.4, 0.5) is 11.4 Å². The lowest BCUT2D eigenvalue weighted by Gasteiger charge is -2.31. The Morgan fingerprint density at radius 2 is 1.65 bits per heavy atom. The Morgan fingerprint density at radius 1 is 1.03 bits per heavy atom. The minimum atomic E-state index is -0.969. The Bertz CT molecular complexity index is 1120. The average molecular weight is 528 g/mol. The minimum absolute atomic E-state index is 0.318. The third-order valence-corrected chi connectivity index (χ3v) is 6.95. The van der Waals surface area contributed by atoms with Crippen molar-refractivity contribution in [2.24, 2.45) is 0 Å². The van der Waals surface area contributed by atoms with E-state index in [1.54, 1.807) is 42.1 Å². The number of ether oxygens (including phenoxy) is 3. The Labute approximate surface area is 221 Å². The zero-order valence-corrected chi connectivity index (χ0v) is 22.3. The standard InChI is InChI=1S/C27H33N3O6S/c1-4-35-23-17-22(29-11-13-34-14-12-29)24(36-5-2)16-20(23)28-25(31)21(10-15-37-3)30-26(32)18-8-6-7-9-19(18)27(30)33/h6-9,16-17,21H,4-5,10-15H2,1-3H3,(H,28,31)/t21-/m0/s1. The van der Waals surface area contributed by atoms with Gasteiger partial charge in [0.1, 0.15) is 17.5 Å². The van der Waals surface area contributed by atoms with Crippen LogP contribution in [0.25, 0.3) is 0 Å². The maximum Gasteiger partial charge on any atom is 0.262 e. The van der Waals surface area contributed by atoms with Gasteiger partial charge in [-0.1, -0.05) is 12.1 Å². The molecule has 1 atom stereocenters. The van der Waals surface area contributed by atoms with Crippen molar-refractivity contribution >= 4 is 40.9 Å². The number of hydrogen-bond acceptors (Lipinski definition) is 8. The van der Waals surface area contributed by atoms with Gasteiger partial charge >= 0.3 is 0 Å². The molecule has 0 spiro atoms. The molecule has 2 aromatic rings. The van der Waals surface area contributed by atoms with Crippen LogP contribution in [0.3, 0.4) is 0 Å². The Morgan fingerprint density at radius 3 is 2.24 bits per heavy atom. The van der Waals surface area contributed by atoms with Crippen molar-refractivity contribution in [3.05, 3.63) is 47.5 Å². The van der Waals surface area contributed by atoms with Crippen LogP contribution in [-0.2, 0) is 9.53 Å². The number of carbonyl (C=O) groups is 3. The first-order chi connectivity index (χ1) is 18.0. The fourth-order valence-electron chi connectivity index (χ4n) is 4.56. The van der Waals surface area contributed by atoms with Gasteiger partial charge in [0.15, 0.2) is 0 Å². The van der Waals surface area contributed by atoms with Crippen molar-refractivity contribution in [2.75, 3.05) is 61.7 Å². The summed E-state index contributed by atoms with van der Waals surface area (Å²) in [5, 5.41) is 2.94. The third kappa shape index (κ3) is 5.70. The number of thioether (sulfide) groups is 1. The predicted octanol–water partition coefficient (Wildman–Crippen LogP) is 3.68. The third-order valence-electron chi connectivity index (χ3n) is 6.31. The minimum Gasteiger partial charge on any atom is -0.492 e. The topological polar surface area (TPSA) is 97.4 Å². The molecule has 1 saturated heterocycles. The zero-order valence-electron chi connectivity index (χ0n) is 21.5. The zero-order chi connectivity index (χ0) is 26.4. The first-order valence-electron chi connectivity index (χ1n) is 12.5. The van der Waals surface area contributed by atoms with E-state index in [1.165, 1.54) is 0 Å². The second kappa shape index (κ2) is 12.3. The highest BCUT2D eigenvalue weighted by molar-refractivity contribution is 7.98. The van der Waals surface area contributed by atoms with Crippen molar-refractivity contribution < 1.29 is 28.6 Å². The number of hydrogen-bond donors (Lipinski definition) is 1. The Hall–Kier alpha value is -3.24. The van der Waals surface area contributed by atoms with Gasteiger partial charge in [0.25, 0.3) is 11.8 Å². The number of morpholine rings is 1. The molecule has 0 bridgehead atoms. The SMILES string of the molecule is CCOc1cc(N2CCOCC2)c(OCC)cc1NC(=O)[C@H](CCSC)N1C(=O)c2ccccc2C1=O. The van der Waals surface area contributed by atoms with Crippen LogP contribution in [0.5, 0.6) is 11.5 Å². The van der Waals surface area contributed by atoms with Crippen LogP contribution in [0, 0.1) is 0 Å². The van der Waals surface area contributed by atoms with E-state index in [0.29, 0.717) is 80.0 Å². The molecule has 0 unspecified atom stereocenters. The number of anilines is 2. The van der Waals surface area contributed by atoms with Crippen LogP contribution in [0.1, 0.15) is 41.0 Å². The number of carbonyl (C=O) groups excluding carboxylic acids is 3. The highest BCUT2D eigenvalue weighted by Gasteiger charge is 2.42. The summed E-state index contributed by atoms with van der Waals surface area (Å²) in [6.07, 6.45) is 2.25. The van der Waals surface area contributed by atoms with Gasteiger partial charge in [0.05, 0.1) is 48.9 Å². The van der Waals surface area contributed by atoms with Gasteiger partial charge in [-0.25, -0.2) is 0 Å². The molecule has 10 heteroatoms. The Balaban J connectivity index is 1.66. The predicted molar refractivity (Wildman–Crippen MR) is 144 cm³/mol. The number of nitrogens with zero attached hydrogens (tertiary/aromatic N) is 2. The second-order valence-corrected chi connectivity index (χ2v) is 9.58. The molecule has 2 heterocycles. The largest absolute Gasteiger partial charge is 0.492 e. The van der Waals surface area contributed by atoms with Crippen molar-refractivity contribution in [3.8, 4) is 11.5 Å². The summed E-state index contributed by atoms with van der Waals surface area (Å²) < 4.78 is 17.3. The van der Waals surface area contributed by atoms with Crippen molar-refractivity contribution in [1.29, 1.82) is 0 Å². The molecule has 0 radical (unpaired) electrons. The molecular formula is C27H33N3O6S. The van der Waals surface area contributed by atoms with Gasteiger partial charge in [-0.3, -0.25) is 19.3 Å². The van der Waals surface area contributed by atoms with Gasteiger partial charge in [0, 0.05) is 25.2 Å². The van der Waals surface area contributed by atoms with Crippen LogP contribution < -0.4 is 19.7 Å². The molecule has 2 aromatic carbocycles. The number of imide groups is 1. The van der Waals surface area contributed by atoms with Gasteiger partial charge < -0.3 is 24.4 Å². The molecule has 1 fully saturated rings. The van der Waals surface area contributed by atoms with E-state index in [2.05, 4.69) is 10.2 Å². The van der Waals surface area contributed by atoms with Crippen molar-refractivity contribution in [3.63, 3.8) is 0 Å². The average Bonchev–Trinajstić information content (AvgIpc) is 3.16. The molecule has 0 aliphatic carbocycles. The smallest absolute Gasteiger partial charge is 0.262 e. The summed E-state index contributed by atoms with van der Waals surface area (Å²) in [6.45, 7) is 7.28. The molecule has 0 saturated carbocycles. The summed E-state index contributed by atoms with van der Waals surface area (Å²) in [7, 11) is 0. The molecule has 37 heavy (non-hydrogen) atoms. The van der Waals surface area contributed by atoms with Crippen LogP contribution in [0.2, 0.25) is 0 Å². The number of rotatable bonds is 11. The quantitative estimate of drug-likeness (QED) is 0.442. The number of fused-ring (bicyclic) bond motifs is 1. The van der Waals surface area contributed by atoms with Crippen molar-refractivity contribution in [2.45, 2.75) is 26.3 Å². The van der Waals surface area contributed by atoms with E-state index in [9.17, 15) is 14.4 Å². The first kappa shape index (κ1) is 26.8. The van der Waals surface area contributed by atoms with E-state index in [4.69, 9.17) is 14.2 Å². The highest BCUT2D eigenvalue weighted by Crippen LogP contribution is 2.40. The number of benzene rings is 2. The monoisotopic (exact) mass is 527 g/mol. The lowest BCUT2D eigenvalue weighted by atomic mass is 10.1. The van der Waals surface area contributed by atoms with E-state index >= 15 is 0 Å². The normalized spacial score (nSPS) is 16.0. The number of amides is 3. The molecule has 2 aliphatic rings. The summed E-state index contributed by atoms with van der Waals surface area (Å²) in [6, 6.07) is 9.31. The van der Waals surface area contributed by atoms with Gasteiger partial charge in [-0.05, 0) is 44.4 Å². The lowest BCUT2D eigenvalue weighted by molar-refractivity contribution is -0.120. The summed E-state index contributed by atoms with van der Waals surface area (Å²) in [4.78, 5) is 43.2. The van der Waals surface area contributed by atoms with E-state index in [0.717, 1.165) is 10.6 Å². The Kier molecular flexibility index (Phi) is 8.94. The van der Waals surface area contributed by atoms with E-state index < -0.39 is 23.8 Å². The highest BCUT2D eigenvalue weighted by atomic mass is 32.2. The number of nitrogens with one attached hydrogen (secondary N) is 1. The molecule has 0 aromatic heterocycles. The molecule has 198 valence electrons. The molecule has 2 aliphatic heterocycles. The summed E-state index contributed by atoms with van der Waals surface area (Å²) in [5.41, 5.74) is 1.93. The maximum atomic E-state index is 13.7. The van der Waals surface area contributed by atoms with Gasteiger partial charge in [-0.2, -0.15) is 11.8 Å². The fourth-order valence-corrected chi connectivity index (χ4v) is 5.02. The molecule has 3 amide bonds. The van der Waals surface area contributed by atoms with Gasteiger partial charge in [0.2, 0.25) is 5.91 Å². The van der Waals surface area contributed by atoms with Crippen LogP contribution in [0.15, 0.2) is 36.4 Å². The van der Waals surface area contributed by atoms with Crippen molar-refractivity contribution in [1.82, 2.24) is 4.90 Å². The summed E-state index contributed by atoms with van der Waals surface area (Å²) in [5.74, 6) is 0.348. The maximum absolute atomic E-state index is 13.7. The fraction of sp³-hybridized carbons (Fsp3) is 0.444. The molecule has 4 rings (SSSR count). The molecular weight excluding hydrogens is 494 g/mol. The van der Waals surface area contributed by atoms with E-state index in [1.807, 2.05) is 26.2 Å². The van der Waals surface area contributed by atoms with Crippen LogP contribution in [-0.4, -0.2) is 80.2 Å². The van der Waals surface area contributed by atoms with E-state index in [-0.39, 0.29) is 0 Å². The van der Waals surface area contributed by atoms with Gasteiger partial charge in [-0.15, -0.1) is 0 Å². The second-order valence-electron chi connectivity index (χ2n) is 8.59. The lowest BCUT2D eigenvalue weighted by Crippen LogP contribution is -2.47. The molecule has 9 nitrogen and oxygen atoms in total.